The van der Waals surface area contributed by atoms with Crippen molar-refractivity contribution in [2.45, 2.75) is 37.6 Å². The average molecular weight is 376 g/mol. The lowest BCUT2D eigenvalue weighted by molar-refractivity contribution is 0.0147. The highest BCUT2D eigenvalue weighted by atomic mass is 35.5. The lowest BCUT2D eigenvalue weighted by Gasteiger charge is -2.32. The van der Waals surface area contributed by atoms with Crippen molar-refractivity contribution < 1.29 is 18.0 Å². The van der Waals surface area contributed by atoms with Gasteiger partial charge in [-0.15, -0.1) is 0 Å². The maximum absolute atomic E-state index is 13.9. The summed E-state index contributed by atoms with van der Waals surface area (Å²) < 4.78 is 41.8. The Morgan fingerprint density at radius 2 is 2.00 bits per heavy atom. The number of urea groups is 1. The van der Waals surface area contributed by atoms with Crippen molar-refractivity contribution in [2.75, 3.05) is 31.5 Å². The summed E-state index contributed by atoms with van der Waals surface area (Å²) in [5.74, 6) is -3.69. The maximum atomic E-state index is 13.9. The van der Waals surface area contributed by atoms with Gasteiger partial charge in [0.2, 0.25) is 0 Å². The second kappa shape index (κ2) is 7.41. The van der Waals surface area contributed by atoms with E-state index in [0.29, 0.717) is 6.54 Å². The molecule has 4 nitrogen and oxygen atoms in total. The summed E-state index contributed by atoms with van der Waals surface area (Å²) in [6, 6.07) is 2.89. The highest BCUT2D eigenvalue weighted by Crippen LogP contribution is 2.33. The molecule has 138 valence electrons. The van der Waals surface area contributed by atoms with Crippen LogP contribution in [-0.2, 0) is 0 Å². The van der Waals surface area contributed by atoms with E-state index in [1.165, 1.54) is 18.2 Å². The number of anilines is 1. The molecule has 2 amide bonds. The monoisotopic (exact) mass is 375 g/mol. The molecule has 1 aromatic carbocycles. The van der Waals surface area contributed by atoms with Gasteiger partial charge in [-0.25, -0.2) is 18.0 Å². The number of likely N-dealkylation sites (tertiary alicyclic amines) is 2. The fourth-order valence-corrected chi connectivity index (χ4v) is 3.70. The first kappa shape index (κ1) is 18.3. The van der Waals surface area contributed by atoms with Crippen molar-refractivity contribution >= 4 is 23.3 Å². The first-order chi connectivity index (χ1) is 11.9. The molecule has 0 bridgehead atoms. The Kier molecular flexibility index (Phi) is 5.43. The van der Waals surface area contributed by atoms with Crippen molar-refractivity contribution in [2.24, 2.45) is 0 Å². The fraction of sp³-hybridized carbons (Fsp3) is 0.588. The number of hydrogen-bond donors (Lipinski definition) is 1. The number of nitrogens with one attached hydrogen (secondary N) is 1. The summed E-state index contributed by atoms with van der Waals surface area (Å²) in [5, 5.41) is 2.24. The number of halogens is 4. The van der Waals surface area contributed by atoms with E-state index >= 15 is 0 Å². The smallest absolute Gasteiger partial charge is 0.314 e. The molecule has 0 aliphatic carbocycles. The molecule has 0 radical (unpaired) electrons. The number of benzene rings is 1. The molecule has 0 aromatic heterocycles. The van der Waals surface area contributed by atoms with Gasteiger partial charge in [0.1, 0.15) is 0 Å². The van der Waals surface area contributed by atoms with Gasteiger partial charge >= 0.3 is 6.03 Å². The van der Waals surface area contributed by atoms with Gasteiger partial charge in [0, 0.05) is 13.0 Å². The highest BCUT2D eigenvalue weighted by molar-refractivity contribution is 6.31. The maximum Gasteiger partial charge on any atom is 0.322 e. The number of carbonyl (C=O) groups is 1. The summed E-state index contributed by atoms with van der Waals surface area (Å²) in [5.41, 5.74) is -0.107. The average Bonchev–Trinajstić information content (AvgIpc) is 2.87. The standard InChI is InChI=1S/C17H21ClF3N3O/c18-13-5-4-6-14(15(13)19)22-16(25)24-11-17(20,21)9-12(24)10-23-7-2-1-3-8-23/h4-6,12H,1-3,7-11H2,(H,22,25)/t12-/m0/s1. The third-order valence-electron chi connectivity index (χ3n) is 4.75. The minimum absolute atomic E-state index is 0.107. The van der Waals surface area contributed by atoms with E-state index in [9.17, 15) is 18.0 Å². The predicted molar refractivity (Wildman–Crippen MR) is 90.8 cm³/mol. The van der Waals surface area contributed by atoms with Crippen LogP contribution < -0.4 is 5.32 Å². The van der Waals surface area contributed by atoms with E-state index in [2.05, 4.69) is 10.2 Å². The van der Waals surface area contributed by atoms with Crippen LogP contribution in [0.1, 0.15) is 25.7 Å². The zero-order chi connectivity index (χ0) is 18.0. The molecule has 8 heteroatoms. The van der Waals surface area contributed by atoms with Crippen LogP contribution >= 0.6 is 11.6 Å². The number of rotatable bonds is 3. The quantitative estimate of drug-likeness (QED) is 0.859. The molecule has 2 saturated heterocycles. The Bertz CT molecular complexity index is 638. The van der Waals surface area contributed by atoms with Gasteiger partial charge in [0.15, 0.2) is 5.82 Å². The topological polar surface area (TPSA) is 35.6 Å². The lowest BCUT2D eigenvalue weighted by atomic mass is 10.1. The van der Waals surface area contributed by atoms with Crippen molar-refractivity contribution in [3.63, 3.8) is 0 Å². The van der Waals surface area contributed by atoms with Crippen LogP contribution in [0.15, 0.2) is 18.2 Å². The van der Waals surface area contributed by atoms with Crippen LogP contribution in [0.25, 0.3) is 0 Å². The van der Waals surface area contributed by atoms with Crippen molar-refractivity contribution in [3.05, 3.63) is 29.0 Å². The molecular formula is C17H21ClF3N3O. The molecule has 1 N–H and O–H groups in total. The van der Waals surface area contributed by atoms with Crippen molar-refractivity contribution in [3.8, 4) is 0 Å². The number of alkyl halides is 2. The SMILES string of the molecule is O=C(Nc1cccc(Cl)c1F)N1CC(F)(F)C[C@H]1CN1CCCCC1. The summed E-state index contributed by atoms with van der Waals surface area (Å²) in [7, 11) is 0. The van der Waals surface area contributed by atoms with Crippen LogP contribution in [0.3, 0.4) is 0 Å². The van der Waals surface area contributed by atoms with Crippen molar-refractivity contribution in [1.82, 2.24) is 9.80 Å². The van der Waals surface area contributed by atoms with Crippen LogP contribution in [0.4, 0.5) is 23.7 Å². The van der Waals surface area contributed by atoms with Gasteiger partial charge in [-0.3, -0.25) is 0 Å². The Morgan fingerprint density at radius 1 is 1.28 bits per heavy atom. The van der Waals surface area contributed by atoms with E-state index in [-0.39, 0.29) is 17.1 Å². The van der Waals surface area contributed by atoms with Gasteiger partial charge in [-0.2, -0.15) is 0 Å². The number of hydrogen-bond acceptors (Lipinski definition) is 2. The first-order valence-electron chi connectivity index (χ1n) is 8.47. The van der Waals surface area contributed by atoms with Gasteiger partial charge in [-0.1, -0.05) is 24.1 Å². The predicted octanol–water partition coefficient (Wildman–Crippen LogP) is 4.21. The molecule has 0 saturated carbocycles. The van der Waals surface area contributed by atoms with Crippen molar-refractivity contribution in [1.29, 1.82) is 0 Å². The Hall–Kier alpha value is -1.47. The molecule has 3 rings (SSSR count). The molecular weight excluding hydrogens is 355 g/mol. The first-order valence-corrected chi connectivity index (χ1v) is 8.85. The van der Waals surface area contributed by atoms with Crippen LogP contribution in [0.5, 0.6) is 0 Å². The van der Waals surface area contributed by atoms with Gasteiger partial charge in [0.25, 0.3) is 5.92 Å². The Morgan fingerprint density at radius 3 is 2.72 bits per heavy atom. The number of amides is 2. The molecule has 1 atom stereocenters. The molecule has 2 aliphatic heterocycles. The molecule has 0 unspecified atom stereocenters. The largest absolute Gasteiger partial charge is 0.322 e. The Labute approximate surface area is 149 Å². The molecule has 25 heavy (non-hydrogen) atoms. The highest BCUT2D eigenvalue weighted by Gasteiger charge is 2.47. The number of carbonyl (C=O) groups excluding carboxylic acids is 1. The normalized spacial score (nSPS) is 23.7. The van der Waals surface area contributed by atoms with Crippen LogP contribution in [-0.4, -0.2) is 54.0 Å². The van der Waals surface area contributed by atoms with E-state index < -0.39 is 30.4 Å². The second-order valence-corrected chi connectivity index (χ2v) is 7.14. The zero-order valence-corrected chi connectivity index (χ0v) is 14.5. The number of nitrogens with zero attached hydrogens (tertiary/aromatic N) is 2. The molecule has 1 aromatic rings. The van der Waals surface area contributed by atoms with E-state index in [0.717, 1.165) is 37.3 Å². The van der Waals surface area contributed by atoms with Gasteiger partial charge < -0.3 is 15.1 Å². The summed E-state index contributed by atoms with van der Waals surface area (Å²) in [4.78, 5) is 15.7. The molecule has 2 fully saturated rings. The summed E-state index contributed by atoms with van der Waals surface area (Å²) in [6.07, 6.45) is 2.87. The van der Waals surface area contributed by atoms with Crippen LogP contribution in [0.2, 0.25) is 5.02 Å². The lowest BCUT2D eigenvalue weighted by Crippen LogP contribution is -2.46. The fourth-order valence-electron chi connectivity index (χ4n) is 3.53. The molecule has 2 aliphatic rings. The van der Waals surface area contributed by atoms with Crippen LogP contribution in [0, 0.1) is 5.82 Å². The van der Waals surface area contributed by atoms with E-state index in [1.54, 1.807) is 0 Å². The third kappa shape index (κ3) is 4.39. The third-order valence-corrected chi connectivity index (χ3v) is 5.04. The van der Waals surface area contributed by atoms with E-state index in [4.69, 9.17) is 11.6 Å². The zero-order valence-electron chi connectivity index (χ0n) is 13.8. The summed E-state index contributed by atoms with van der Waals surface area (Å²) >= 11 is 5.69. The summed E-state index contributed by atoms with van der Waals surface area (Å²) in [6.45, 7) is 1.49. The Balaban J connectivity index is 1.70. The number of piperidine rings is 1. The van der Waals surface area contributed by atoms with E-state index in [1.807, 2.05) is 0 Å². The molecule has 0 spiro atoms. The second-order valence-electron chi connectivity index (χ2n) is 6.73. The minimum atomic E-state index is -2.93. The molecule has 2 heterocycles. The van der Waals surface area contributed by atoms with Gasteiger partial charge in [0.05, 0.1) is 23.3 Å². The minimum Gasteiger partial charge on any atom is -0.314 e. The van der Waals surface area contributed by atoms with Gasteiger partial charge in [-0.05, 0) is 38.1 Å².